The van der Waals surface area contributed by atoms with Crippen LogP contribution in [0.2, 0.25) is 0 Å². The molecule has 2 N–H and O–H groups in total. The van der Waals surface area contributed by atoms with Crippen molar-refractivity contribution < 1.29 is 0 Å². The highest BCUT2D eigenvalue weighted by molar-refractivity contribution is 7.07. The smallest absolute Gasteiger partial charge is 0.0795 e. The first kappa shape index (κ1) is 12.6. The Balaban J connectivity index is 2.21. The van der Waals surface area contributed by atoms with Gasteiger partial charge in [0.1, 0.15) is 0 Å². The lowest BCUT2D eigenvalue weighted by Crippen LogP contribution is -2.24. The van der Waals surface area contributed by atoms with Gasteiger partial charge >= 0.3 is 0 Å². The van der Waals surface area contributed by atoms with E-state index >= 15 is 0 Å². The largest absolute Gasteiger partial charge is 0.330 e. The quantitative estimate of drug-likeness (QED) is 0.774. The van der Waals surface area contributed by atoms with E-state index < -0.39 is 0 Å². The van der Waals surface area contributed by atoms with Crippen molar-refractivity contribution in [2.75, 3.05) is 20.1 Å². The Kier molecular flexibility index (Phi) is 5.83. The molecule has 0 spiro atoms. The molecule has 0 radical (unpaired) electrons. The Morgan fingerprint density at radius 3 is 2.93 bits per heavy atom. The first-order valence-electron chi connectivity index (χ1n) is 5.52. The van der Waals surface area contributed by atoms with Crippen LogP contribution in [0.25, 0.3) is 0 Å². The highest BCUT2D eigenvalue weighted by Crippen LogP contribution is 2.09. The molecule has 0 aliphatic heterocycles. The molecule has 1 rings (SSSR count). The van der Waals surface area contributed by atoms with Crippen LogP contribution in [0.3, 0.4) is 0 Å². The number of aromatic nitrogens is 1. The molecule has 1 unspecified atom stereocenters. The summed E-state index contributed by atoms with van der Waals surface area (Å²) < 4.78 is 0. The van der Waals surface area contributed by atoms with Crippen molar-refractivity contribution in [2.45, 2.75) is 26.3 Å². The van der Waals surface area contributed by atoms with Crippen LogP contribution in [0.5, 0.6) is 0 Å². The van der Waals surface area contributed by atoms with Crippen molar-refractivity contribution in [3.8, 4) is 0 Å². The van der Waals surface area contributed by atoms with Crippen LogP contribution in [-0.4, -0.2) is 30.0 Å². The van der Waals surface area contributed by atoms with Crippen molar-refractivity contribution in [1.29, 1.82) is 0 Å². The third-order valence-electron chi connectivity index (χ3n) is 2.75. The summed E-state index contributed by atoms with van der Waals surface area (Å²) in [4.78, 5) is 6.59. The summed E-state index contributed by atoms with van der Waals surface area (Å²) in [5.74, 6) is 0.669. The highest BCUT2D eigenvalue weighted by atomic mass is 32.1. The molecule has 1 aromatic heterocycles. The van der Waals surface area contributed by atoms with Crippen molar-refractivity contribution in [3.63, 3.8) is 0 Å². The summed E-state index contributed by atoms with van der Waals surface area (Å²) in [5, 5.41) is 2.11. The highest BCUT2D eigenvalue weighted by Gasteiger charge is 2.06. The van der Waals surface area contributed by atoms with Crippen LogP contribution >= 0.6 is 11.3 Å². The van der Waals surface area contributed by atoms with Gasteiger partial charge in [-0.25, -0.2) is 4.98 Å². The van der Waals surface area contributed by atoms with E-state index in [1.165, 1.54) is 18.5 Å². The first-order valence-corrected chi connectivity index (χ1v) is 6.46. The van der Waals surface area contributed by atoms with E-state index in [9.17, 15) is 0 Å². The van der Waals surface area contributed by atoms with E-state index in [0.717, 1.165) is 19.6 Å². The van der Waals surface area contributed by atoms with E-state index in [1.807, 2.05) is 5.51 Å². The molecule has 15 heavy (non-hydrogen) atoms. The molecule has 0 fully saturated rings. The van der Waals surface area contributed by atoms with Crippen molar-refractivity contribution in [2.24, 2.45) is 11.7 Å². The molecule has 0 aliphatic carbocycles. The van der Waals surface area contributed by atoms with Crippen LogP contribution in [0.1, 0.15) is 25.5 Å². The zero-order valence-corrected chi connectivity index (χ0v) is 10.5. The van der Waals surface area contributed by atoms with Gasteiger partial charge in [0.2, 0.25) is 0 Å². The summed E-state index contributed by atoms with van der Waals surface area (Å²) >= 11 is 1.66. The zero-order chi connectivity index (χ0) is 11.1. The number of hydrogen-bond donors (Lipinski definition) is 1. The van der Waals surface area contributed by atoms with Crippen LogP contribution in [-0.2, 0) is 6.54 Å². The standard InChI is InChI=1S/C11H21N3S/c1-3-10(6-12)4-5-14(2)7-11-8-15-9-13-11/h8-10H,3-7,12H2,1-2H3. The number of rotatable bonds is 7. The molecule has 1 atom stereocenters. The molecule has 86 valence electrons. The molecular formula is C11H21N3S. The van der Waals surface area contributed by atoms with Crippen LogP contribution in [0.4, 0.5) is 0 Å². The van der Waals surface area contributed by atoms with Crippen LogP contribution in [0.15, 0.2) is 10.9 Å². The van der Waals surface area contributed by atoms with Crippen molar-refractivity contribution in [1.82, 2.24) is 9.88 Å². The molecule has 3 nitrogen and oxygen atoms in total. The molecule has 0 aliphatic rings. The average molecular weight is 227 g/mol. The summed E-state index contributed by atoms with van der Waals surface area (Å²) in [6.07, 6.45) is 2.37. The molecular weight excluding hydrogens is 206 g/mol. The van der Waals surface area contributed by atoms with Crippen molar-refractivity contribution in [3.05, 3.63) is 16.6 Å². The summed E-state index contributed by atoms with van der Waals surface area (Å²) in [6.45, 7) is 5.07. The molecule has 0 aromatic carbocycles. The Morgan fingerprint density at radius 1 is 1.60 bits per heavy atom. The van der Waals surface area contributed by atoms with Gasteiger partial charge in [0.05, 0.1) is 11.2 Å². The SMILES string of the molecule is CCC(CN)CCN(C)Cc1cscn1. The normalized spacial score (nSPS) is 13.3. The van der Waals surface area contributed by atoms with Gasteiger partial charge in [-0.05, 0) is 32.5 Å². The first-order chi connectivity index (χ1) is 7.26. The maximum absolute atomic E-state index is 5.68. The minimum absolute atomic E-state index is 0.669. The predicted molar refractivity (Wildman–Crippen MR) is 65.9 cm³/mol. The van der Waals surface area contributed by atoms with E-state index in [1.54, 1.807) is 11.3 Å². The second-order valence-corrected chi connectivity index (χ2v) is 4.73. The Bertz CT molecular complexity index is 244. The van der Waals surface area contributed by atoms with Crippen molar-refractivity contribution >= 4 is 11.3 Å². The van der Waals surface area contributed by atoms with E-state index in [0.29, 0.717) is 5.92 Å². The molecule has 1 heterocycles. The summed E-state index contributed by atoms with van der Waals surface area (Å²) in [7, 11) is 2.14. The minimum Gasteiger partial charge on any atom is -0.330 e. The Hall–Kier alpha value is -0.450. The topological polar surface area (TPSA) is 42.1 Å². The van der Waals surface area contributed by atoms with Gasteiger partial charge in [0, 0.05) is 11.9 Å². The lowest BCUT2D eigenvalue weighted by Gasteiger charge is -2.18. The zero-order valence-electron chi connectivity index (χ0n) is 9.65. The lowest BCUT2D eigenvalue weighted by atomic mass is 10.0. The van der Waals surface area contributed by atoms with Crippen LogP contribution in [0, 0.1) is 5.92 Å². The second kappa shape index (κ2) is 6.93. The van der Waals surface area contributed by atoms with Gasteiger partial charge in [-0.2, -0.15) is 0 Å². The molecule has 0 bridgehead atoms. The molecule has 0 amide bonds. The van der Waals surface area contributed by atoms with E-state index in [4.69, 9.17) is 5.73 Å². The van der Waals surface area contributed by atoms with Gasteiger partial charge in [-0.1, -0.05) is 13.3 Å². The minimum atomic E-state index is 0.669. The number of thiazole rings is 1. The maximum atomic E-state index is 5.68. The fourth-order valence-corrected chi connectivity index (χ4v) is 2.11. The monoisotopic (exact) mass is 227 g/mol. The van der Waals surface area contributed by atoms with E-state index in [2.05, 4.69) is 29.2 Å². The molecule has 4 heteroatoms. The summed E-state index contributed by atoms with van der Waals surface area (Å²) in [6, 6.07) is 0. The molecule has 1 aromatic rings. The molecule has 0 saturated carbocycles. The Labute approximate surface area is 96.3 Å². The second-order valence-electron chi connectivity index (χ2n) is 4.02. The van der Waals surface area contributed by atoms with Gasteiger partial charge in [0.15, 0.2) is 0 Å². The third kappa shape index (κ3) is 4.73. The Morgan fingerprint density at radius 2 is 2.40 bits per heavy atom. The van der Waals surface area contributed by atoms with Gasteiger partial charge in [-0.15, -0.1) is 11.3 Å². The average Bonchev–Trinajstić information content (AvgIpc) is 2.72. The number of hydrogen-bond acceptors (Lipinski definition) is 4. The predicted octanol–water partition coefficient (Wildman–Crippen LogP) is 1.95. The molecule has 0 saturated heterocycles. The van der Waals surface area contributed by atoms with Crippen LogP contribution < -0.4 is 5.73 Å². The fourth-order valence-electron chi connectivity index (χ4n) is 1.56. The van der Waals surface area contributed by atoms with Gasteiger partial charge in [-0.3, -0.25) is 0 Å². The van der Waals surface area contributed by atoms with Gasteiger partial charge < -0.3 is 10.6 Å². The maximum Gasteiger partial charge on any atom is 0.0795 e. The lowest BCUT2D eigenvalue weighted by molar-refractivity contribution is 0.289. The number of nitrogens with two attached hydrogens (primary N) is 1. The summed E-state index contributed by atoms with van der Waals surface area (Å²) in [5.41, 5.74) is 8.73. The van der Waals surface area contributed by atoms with E-state index in [-0.39, 0.29) is 0 Å². The third-order valence-corrected chi connectivity index (χ3v) is 3.38. The fraction of sp³-hybridized carbons (Fsp3) is 0.727. The van der Waals surface area contributed by atoms with Gasteiger partial charge in [0.25, 0.3) is 0 Å². The number of nitrogens with zero attached hydrogens (tertiary/aromatic N) is 2.